The molecule has 80 valence electrons. The van der Waals surface area contributed by atoms with Gasteiger partial charge in [-0.15, -0.1) is 0 Å². The van der Waals surface area contributed by atoms with Crippen LogP contribution in [-0.2, 0) is 4.74 Å². The van der Waals surface area contributed by atoms with Crippen LogP contribution in [0.15, 0.2) is 29.3 Å². The fourth-order valence-electron chi connectivity index (χ4n) is 1.43. The zero-order valence-corrected chi connectivity index (χ0v) is 11.1. The third-order valence-electron chi connectivity index (χ3n) is 2.17. The van der Waals surface area contributed by atoms with E-state index in [1.165, 1.54) is 0 Å². The van der Waals surface area contributed by atoms with E-state index in [2.05, 4.69) is 18.8 Å². The molecule has 1 aromatic rings. The van der Waals surface area contributed by atoms with Crippen molar-refractivity contribution in [2.75, 3.05) is 6.61 Å². The SMILES string of the molecule is CC1(C)COC(c2ccccc2[Se]Cl)=N1. The van der Waals surface area contributed by atoms with Crippen molar-refractivity contribution in [2.24, 2.45) is 4.99 Å². The Morgan fingerprint density at radius 1 is 1.40 bits per heavy atom. The van der Waals surface area contributed by atoms with Crippen LogP contribution in [0.1, 0.15) is 19.4 Å². The molecule has 0 unspecified atom stereocenters. The molecule has 0 aliphatic carbocycles. The molecule has 0 aromatic heterocycles. The standard InChI is InChI=1S/C11H12ClNOSe/c1-11(2)7-14-10(13-11)8-5-3-4-6-9(8)15-12/h3-6H,7H2,1-2H3. The van der Waals surface area contributed by atoms with E-state index in [0.717, 1.165) is 15.9 Å². The van der Waals surface area contributed by atoms with Crippen LogP contribution >= 0.6 is 10.1 Å². The Morgan fingerprint density at radius 2 is 2.13 bits per heavy atom. The minimum atomic E-state index is -0.109. The second-order valence-corrected chi connectivity index (χ2v) is 6.14. The molecule has 15 heavy (non-hydrogen) atoms. The summed E-state index contributed by atoms with van der Waals surface area (Å²) in [6.07, 6.45) is 0. The first-order chi connectivity index (χ1) is 7.12. The summed E-state index contributed by atoms with van der Waals surface area (Å²) in [5.41, 5.74) is 0.931. The van der Waals surface area contributed by atoms with Gasteiger partial charge in [-0.3, -0.25) is 0 Å². The van der Waals surface area contributed by atoms with Gasteiger partial charge in [0.25, 0.3) is 0 Å². The molecule has 0 radical (unpaired) electrons. The van der Waals surface area contributed by atoms with Crippen molar-refractivity contribution in [1.29, 1.82) is 0 Å². The summed E-state index contributed by atoms with van der Waals surface area (Å²) in [5.74, 6) is 0.734. The number of halogens is 1. The maximum absolute atomic E-state index is 5.93. The van der Waals surface area contributed by atoms with E-state index in [-0.39, 0.29) is 19.6 Å². The quantitative estimate of drug-likeness (QED) is 0.760. The summed E-state index contributed by atoms with van der Waals surface area (Å²) in [6, 6.07) is 8.02. The van der Waals surface area contributed by atoms with Gasteiger partial charge in [0.1, 0.15) is 0 Å². The maximum atomic E-state index is 5.93. The van der Waals surface area contributed by atoms with Crippen molar-refractivity contribution in [1.82, 2.24) is 0 Å². The predicted molar refractivity (Wildman–Crippen MR) is 64.3 cm³/mol. The fraction of sp³-hybridized carbons (Fsp3) is 0.364. The monoisotopic (exact) mass is 289 g/mol. The van der Waals surface area contributed by atoms with Gasteiger partial charge in [-0.1, -0.05) is 0 Å². The summed E-state index contributed by atoms with van der Waals surface area (Å²) >= 11 is -0.0464. The Hall–Kier alpha value is -0.501. The summed E-state index contributed by atoms with van der Waals surface area (Å²) in [5, 5.41) is 0. The molecular weight excluding hydrogens is 277 g/mol. The van der Waals surface area contributed by atoms with Crippen LogP contribution in [0, 0.1) is 0 Å². The van der Waals surface area contributed by atoms with Crippen molar-refractivity contribution < 1.29 is 4.74 Å². The Balaban J connectivity index is 2.39. The molecule has 1 aromatic carbocycles. The summed E-state index contributed by atoms with van der Waals surface area (Å²) in [7, 11) is 5.93. The minimum absolute atomic E-state index is 0.0464. The van der Waals surface area contributed by atoms with E-state index in [9.17, 15) is 0 Å². The van der Waals surface area contributed by atoms with Gasteiger partial charge in [-0.05, 0) is 0 Å². The second-order valence-electron chi connectivity index (χ2n) is 4.09. The van der Waals surface area contributed by atoms with Crippen LogP contribution in [0.4, 0.5) is 0 Å². The molecule has 0 atom stereocenters. The van der Waals surface area contributed by atoms with Crippen molar-refractivity contribution in [3.8, 4) is 0 Å². The molecular formula is C11H12ClNOSe. The van der Waals surface area contributed by atoms with Crippen molar-refractivity contribution >= 4 is 34.5 Å². The van der Waals surface area contributed by atoms with Gasteiger partial charge in [0.05, 0.1) is 0 Å². The predicted octanol–water partition coefficient (Wildman–Crippen LogP) is 1.73. The topological polar surface area (TPSA) is 21.6 Å². The first-order valence-corrected chi connectivity index (χ1v) is 7.84. The van der Waals surface area contributed by atoms with E-state index in [4.69, 9.17) is 14.8 Å². The Morgan fingerprint density at radius 3 is 2.73 bits per heavy atom. The Kier molecular flexibility index (Phi) is 3.06. The molecule has 2 rings (SSSR count). The number of rotatable bonds is 2. The van der Waals surface area contributed by atoms with Crippen LogP contribution in [-0.4, -0.2) is 32.1 Å². The normalized spacial score (nSPS) is 18.5. The first kappa shape index (κ1) is 11.0. The fourth-order valence-corrected chi connectivity index (χ4v) is 2.91. The summed E-state index contributed by atoms with van der Waals surface area (Å²) in [6.45, 7) is 4.77. The second kappa shape index (κ2) is 4.17. The molecule has 1 heterocycles. The van der Waals surface area contributed by atoms with E-state index < -0.39 is 0 Å². The molecule has 4 heteroatoms. The number of benzene rings is 1. The molecule has 0 N–H and O–H groups in total. The van der Waals surface area contributed by atoms with Crippen molar-refractivity contribution in [3.05, 3.63) is 29.8 Å². The zero-order valence-electron chi connectivity index (χ0n) is 8.66. The molecule has 0 saturated heterocycles. The van der Waals surface area contributed by atoms with Crippen LogP contribution in [0.25, 0.3) is 0 Å². The van der Waals surface area contributed by atoms with E-state index in [1.807, 2.05) is 24.3 Å². The van der Waals surface area contributed by atoms with Crippen LogP contribution in [0.5, 0.6) is 0 Å². The van der Waals surface area contributed by atoms with Gasteiger partial charge in [0.15, 0.2) is 0 Å². The first-order valence-electron chi connectivity index (χ1n) is 4.73. The van der Waals surface area contributed by atoms with Gasteiger partial charge < -0.3 is 0 Å². The van der Waals surface area contributed by atoms with Crippen molar-refractivity contribution in [3.63, 3.8) is 0 Å². The third-order valence-corrected chi connectivity index (χ3v) is 4.13. The van der Waals surface area contributed by atoms with Crippen LogP contribution in [0.2, 0.25) is 0 Å². The Bertz CT molecular complexity index is 403. The van der Waals surface area contributed by atoms with Crippen LogP contribution < -0.4 is 4.46 Å². The van der Waals surface area contributed by atoms with E-state index >= 15 is 0 Å². The molecule has 0 spiro atoms. The van der Waals surface area contributed by atoms with Crippen LogP contribution in [0.3, 0.4) is 0 Å². The van der Waals surface area contributed by atoms with Gasteiger partial charge in [0, 0.05) is 0 Å². The average Bonchev–Trinajstić information content (AvgIpc) is 2.59. The third kappa shape index (κ3) is 2.36. The number of nitrogens with zero attached hydrogens (tertiary/aromatic N) is 1. The average molecular weight is 289 g/mol. The van der Waals surface area contributed by atoms with Gasteiger partial charge >= 0.3 is 100 Å². The van der Waals surface area contributed by atoms with Gasteiger partial charge in [0.2, 0.25) is 0 Å². The summed E-state index contributed by atoms with van der Waals surface area (Å²) in [4.78, 5) is 4.55. The number of ether oxygens (including phenoxy) is 1. The molecule has 0 saturated carbocycles. The number of hydrogen-bond acceptors (Lipinski definition) is 2. The number of aliphatic imine (C=N–C) groups is 1. The molecule has 0 bridgehead atoms. The molecule has 0 amide bonds. The molecule has 1 aliphatic heterocycles. The summed E-state index contributed by atoms with van der Waals surface area (Å²) < 4.78 is 6.73. The van der Waals surface area contributed by atoms with Crippen molar-refractivity contribution in [2.45, 2.75) is 19.4 Å². The van der Waals surface area contributed by atoms with E-state index in [0.29, 0.717) is 6.61 Å². The Labute approximate surface area is 100 Å². The van der Waals surface area contributed by atoms with Gasteiger partial charge in [-0.2, -0.15) is 0 Å². The molecule has 2 nitrogen and oxygen atoms in total. The zero-order chi connectivity index (χ0) is 10.9. The van der Waals surface area contributed by atoms with Gasteiger partial charge in [-0.25, -0.2) is 0 Å². The number of hydrogen-bond donors (Lipinski definition) is 0. The van der Waals surface area contributed by atoms with E-state index in [1.54, 1.807) is 0 Å². The molecule has 1 aliphatic rings. The molecule has 0 fully saturated rings.